The van der Waals surface area contributed by atoms with E-state index < -0.39 is 0 Å². The maximum Gasteiger partial charge on any atom is 0.336 e. The summed E-state index contributed by atoms with van der Waals surface area (Å²) < 4.78 is 6.79. The Hall–Kier alpha value is -2.38. The molecule has 1 atom stereocenters. The van der Waals surface area contributed by atoms with Crippen molar-refractivity contribution in [1.82, 2.24) is 24.7 Å². The van der Waals surface area contributed by atoms with E-state index in [0.717, 1.165) is 12.8 Å². The third-order valence-electron chi connectivity index (χ3n) is 2.89. The van der Waals surface area contributed by atoms with Crippen LogP contribution < -0.4 is 10.1 Å². The molecule has 0 saturated carbocycles. The number of amides is 1. The number of aromatic amines is 1. The van der Waals surface area contributed by atoms with Crippen LogP contribution >= 0.6 is 0 Å². The van der Waals surface area contributed by atoms with Crippen LogP contribution in [0.5, 0.6) is 6.01 Å². The fourth-order valence-corrected chi connectivity index (χ4v) is 1.97. The van der Waals surface area contributed by atoms with Gasteiger partial charge in [-0.1, -0.05) is 13.3 Å². The second-order valence-corrected chi connectivity index (χ2v) is 4.38. The van der Waals surface area contributed by atoms with E-state index >= 15 is 0 Å². The zero-order valence-electron chi connectivity index (χ0n) is 11.5. The molecule has 0 aliphatic carbocycles. The van der Waals surface area contributed by atoms with Gasteiger partial charge in [-0.15, -0.1) is 5.10 Å². The summed E-state index contributed by atoms with van der Waals surface area (Å²) in [6.07, 6.45) is 7.56. The van der Waals surface area contributed by atoms with Crippen LogP contribution in [0.4, 0.5) is 5.95 Å². The molecule has 8 heteroatoms. The highest BCUT2D eigenvalue weighted by atomic mass is 16.5. The SMILES string of the molecule is CCCC(CC(=O)Nc1nc(OC)n[nH]1)n1ccnc1. The van der Waals surface area contributed by atoms with Gasteiger partial charge >= 0.3 is 6.01 Å². The smallest absolute Gasteiger partial charge is 0.336 e. The Bertz CT molecular complexity index is 536. The van der Waals surface area contributed by atoms with Crippen molar-refractivity contribution in [2.24, 2.45) is 0 Å². The van der Waals surface area contributed by atoms with Gasteiger partial charge in [-0.3, -0.25) is 10.1 Å². The molecule has 0 saturated heterocycles. The molecule has 0 spiro atoms. The lowest BCUT2D eigenvalue weighted by molar-refractivity contribution is -0.117. The number of anilines is 1. The number of rotatable bonds is 7. The average Bonchev–Trinajstić information content (AvgIpc) is 3.09. The van der Waals surface area contributed by atoms with Crippen molar-refractivity contribution in [3.05, 3.63) is 18.7 Å². The highest BCUT2D eigenvalue weighted by Gasteiger charge is 2.16. The Balaban J connectivity index is 1.94. The minimum absolute atomic E-state index is 0.0901. The molecule has 0 radical (unpaired) electrons. The van der Waals surface area contributed by atoms with Crippen molar-refractivity contribution in [1.29, 1.82) is 0 Å². The van der Waals surface area contributed by atoms with Crippen LogP contribution in [0.15, 0.2) is 18.7 Å². The van der Waals surface area contributed by atoms with Crippen molar-refractivity contribution >= 4 is 11.9 Å². The summed E-state index contributed by atoms with van der Waals surface area (Å²) in [6, 6.07) is 0.285. The van der Waals surface area contributed by atoms with Crippen molar-refractivity contribution in [2.75, 3.05) is 12.4 Å². The van der Waals surface area contributed by atoms with E-state index in [0.29, 0.717) is 6.42 Å². The molecule has 2 heterocycles. The first-order valence-corrected chi connectivity index (χ1v) is 6.46. The standard InChI is InChI=1S/C12H18N6O2/c1-3-4-9(18-6-5-13-8-18)7-10(19)14-11-15-12(20-2)17-16-11/h5-6,8-9H,3-4,7H2,1-2H3,(H2,14,15,16,17,19). The highest BCUT2D eigenvalue weighted by Crippen LogP contribution is 2.18. The zero-order valence-corrected chi connectivity index (χ0v) is 11.5. The largest absolute Gasteiger partial charge is 0.466 e. The van der Waals surface area contributed by atoms with Gasteiger partial charge in [0.1, 0.15) is 0 Å². The minimum Gasteiger partial charge on any atom is -0.466 e. The zero-order chi connectivity index (χ0) is 14.4. The van der Waals surface area contributed by atoms with E-state index in [9.17, 15) is 4.79 Å². The van der Waals surface area contributed by atoms with Gasteiger partial charge < -0.3 is 9.30 Å². The van der Waals surface area contributed by atoms with Gasteiger partial charge in [0, 0.05) is 24.9 Å². The van der Waals surface area contributed by atoms with Gasteiger partial charge in [0.15, 0.2) is 0 Å². The lowest BCUT2D eigenvalue weighted by Crippen LogP contribution is -2.19. The number of hydrogen-bond donors (Lipinski definition) is 2. The number of aromatic nitrogens is 5. The first kappa shape index (κ1) is 14.0. The summed E-state index contributed by atoms with van der Waals surface area (Å²) in [5.74, 6) is 0.156. The highest BCUT2D eigenvalue weighted by molar-refractivity contribution is 5.89. The summed E-state index contributed by atoms with van der Waals surface area (Å²) >= 11 is 0. The Morgan fingerprint density at radius 3 is 3.05 bits per heavy atom. The maximum atomic E-state index is 12.0. The van der Waals surface area contributed by atoms with Crippen LogP contribution in [0.25, 0.3) is 0 Å². The molecule has 2 aromatic rings. The Labute approximate surface area is 116 Å². The Morgan fingerprint density at radius 1 is 1.60 bits per heavy atom. The summed E-state index contributed by atoms with van der Waals surface area (Å²) in [5, 5.41) is 9.02. The molecular weight excluding hydrogens is 260 g/mol. The second-order valence-electron chi connectivity index (χ2n) is 4.38. The van der Waals surface area contributed by atoms with Gasteiger partial charge in [0.2, 0.25) is 11.9 Å². The number of nitrogens with zero attached hydrogens (tertiary/aromatic N) is 4. The van der Waals surface area contributed by atoms with E-state index in [1.165, 1.54) is 7.11 Å². The van der Waals surface area contributed by atoms with E-state index in [1.54, 1.807) is 12.5 Å². The van der Waals surface area contributed by atoms with Crippen molar-refractivity contribution < 1.29 is 9.53 Å². The van der Waals surface area contributed by atoms with Gasteiger partial charge in [-0.05, 0) is 6.42 Å². The molecular formula is C12H18N6O2. The molecule has 0 bridgehead atoms. The first-order valence-electron chi connectivity index (χ1n) is 6.46. The monoisotopic (exact) mass is 278 g/mol. The number of imidazole rings is 1. The lowest BCUT2D eigenvalue weighted by Gasteiger charge is -2.16. The van der Waals surface area contributed by atoms with Crippen LogP contribution in [-0.2, 0) is 4.79 Å². The molecule has 1 amide bonds. The fraction of sp³-hybridized carbons (Fsp3) is 0.500. The van der Waals surface area contributed by atoms with Crippen LogP contribution in [0, 0.1) is 0 Å². The van der Waals surface area contributed by atoms with Crippen LogP contribution in [0.1, 0.15) is 32.2 Å². The van der Waals surface area contributed by atoms with Gasteiger partial charge in [0.05, 0.1) is 13.4 Å². The molecule has 20 heavy (non-hydrogen) atoms. The number of carbonyl (C=O) groups is 1. The summed E-state index contributed by atoms with van der Waals surface area (Å²) in [5.41, 5.74) is 0. The predicted molar refractivity (Wildman–Crippen MR) is 72.4 cm³/mol. The van der Waals surface area contributed by atoms with Crippen LogP contribution in [-0.4, -0.2) is 37.7 Å². The lowest BCUT2D eigenvalue weighted by atomic mass is 10.1. The molecule has 0 fully saturated rings. The van der Waals surface area contributed by atoms with E-state index in [4.69, 9.17) is 4.74 Å². The van der Waals surface area contributed by atoms with E-state index in [1.807, 2.05) is 10.8 Å². The summed E-state index contributed by atoms with van der Waals surface area (Å²) in [7, 11) is 1.46. The normalized spacial score (nSPS) is 12.1. The van der Waals surface area contributed by atoms with Gasteiger partial charge in [-0.25, -0.2) is 10.1 Å². The topological polar surface area (TPSA) is 97.7 Å². The first-order chi connectivity index (χ1) is 9.72. The van der Waals surface area contributed by atoms with Gasteiger partial charge in [-0.2, -0.15) is 4.98 Å². The van der Waals surface area contributed by atoms with Crippen molar-refractivity contribution in [3.63, 3.8) is 0 Å². The third kappa shape index (κ3) is 3.56. The second kappa shape index (κ2) is 6.69. The summed E-state index contributed by atoms with van der Waals surface area (Å²) in [4.78, 5) is 20.0. The van der Waals surface area contributed by atoms with Gasteiger partial charge in [0.25, 0.3) is 0 Å². The average molecular weight is 278 g/mol. The number of ether oxygens (including phenoxy) is 1. The van der Waals surface area contributed by atoms with Crippen LogP contribution in [0.2, 0.25) is 0 Å². The summed E-state index contributed by atoms with van der Waals surface area (Å²) in [6.45, 7) is 2.09. The number of hydrogen-bond acceptors (Lipinski definition) is 5. The number of methoxy groups -OCH3 is 1. The molecule has 2 N–H and O–H groups in total. The molecule has 0 aromatic carbocycles. The Kier molecular flexibility index (Phi) is 4.70. The minimum atomic E-state index is -0.129. The number of carbonyl (C=O) groups excluding carboxylic acids is 1. The molecule has 2 aromatic heterocycles. The third-order valence-corrected chi connectivity index (χ3v) is 2.89. The molecule has 1 unspecified atom stereocenters. The van der Waals surface area contributed by atoms with Crippen molar-refractivity contribution in [3.8, 4) is 6.01 Å². The predicted octanol–water partition coefficient (Wildman–Crippen LogP) is 1.38. The molecule has 8 nitrogen and oxygen atoms in total. The van der Waals surface area contributed by atoms with Crippen LogP contribution in [0.3, 0.4) is 0 Å². The van der Waals surface area contributed by atoms with E-state index in [-0.39, 0.29) is 23.9 Å². The number of nitrogens with one attached hydrogen (secondary N) is 2. The molecule has 0 aliphatic heterocycles. The Morgan fingerprint density at radius 2 is 2.45 bits per heavy atom. The molecule has 108 valence electrons. The molecule has 2 rings (SSSR count). The maximum absolute atomic E-state index is 12.0. The quantitative estimate of drug-likeness (QED) is 0.797. The molecule has 0 aliphatic rings. The number of H-pyrrole nitrogens is 1. The fourth-order valence-electron chi connectivity index (χ4n) is 1.97. The van der Waals surface area contributed by atoms with E-state index in [2.05, 4.69) is 32.4 Å². The van der Waals surface area contributed by atoms with Crippen molar-refractivity contribution in [2.45, 2.75) is 32.2 Å².